The maximum Gasteiger partial charge on any atom is 0.411 e. The Labute approximate surface area is 194 Å². The number of carbonyl (C=O) groups excluding carboxylic acids is 1. The highest BCUT2D eigenvalue weighted by molar-refractivity contribution is 6.30. The number of benzene rings is 2. The second-order valence-corrected chi connectivity index (χ2v) is 8.13. The Hall–Kier alpha value is -2.35. The minimum Gasteiger partial charge on any atom is -0.355 e. The number of nitrogens with zero attached hydrogens (tertiary/aromatic N) is 1. The molecule has 3 rings (SSSR count). The molecule has 0 spiro atoms. The van der Waals surface area contributed by atoms with Crippen LogP contribution in [0.1, 0.15) is 23.5 Å². The summed E-state index contributed by atoms with van der Waals surface area (Å²) in [5, 5.41) is 4.14. The molecule has 1 heterocycles. The van der Waals surface area contributed by atoms with Crippen molar-refractivity contribution in [1.29, 1.82) is 0 Å². The van der Waals surface area contributed by atoms with Gasteiger partial charge in [0.2, 0.25) is 5.91 Å². The number of dihydropyridines is 1. The Morgan fingerprint density at radius 3 is 2.03 bits per heavy atom. The Morgan fingerprint density at radius 1 is 1.00 bits per heavy atom. The van der Waals surface area contributed by atoms with E-state index in [1.54, 1.807) is 0 Å². The molecule has 170 valence electrons. The largest absolute Gasteiger partial charge is 0.411 e. The standard InChI is InChI=1S/C23H21Cl2F3N2O2/c24-18-6-1-15(2-7-18)20(16-3-8-19(25)9-4-16)11-12-29-22(31)17-5-10-21(30-13-17)32-14-23(26,27)28/h1-10,13,17,20-21H,11-12,14H2,(H,29,31). The monoisotopic (exact) mass is 484 g/mol. The molecule has 4 nitrogen and oxygen atoms in total. The molecule has 2 unspecified atom stereocenters. The lowest BCUT2D eigenvalue weighted by Gasteiger charge is -2.20. The zero-order valence-electron chi connectivity index (χ0n) is 16.9. The predicted molar refractivity (Wildman–Crippen MR) is 119 cm³/mol. The molecule has 2 atom stereocenters. The number of hydrogen-bond acceptors (Lipinski definition) is 3. The fraction of sp³-hybridized carbons (Fsp3) is 0.304. The van der Waals surface area contributed by atoms with Crippen molar-refractivity contribution < 1.29 is 22.7 Å². The Kier molecular flexibility index (Phi) is 8.34. The van der Waals surface area contributed by atoms with Crippen molar-refractivity contribution in [2.45, 2.75) is 24.7 Å². The van der Waals surface area contributed by atoms with Crippen molar-refractivity contribution in [1.82, 2.24) is 5.32 Å². The molecular weight excluding hydrogens is 464 g/mol. The molecule has 2 aromatic carbocycles. The first-order valence-corrected chi connectivity index (χ1v) is 10.7. The molecular formula is C23H21Cl2F3N2O2. The molecule has 0 aromatic heterocycles. The molecule has 0 bridgehead atoms. The van der Waals surface area contributed by atoms with E-state index < -0.39 is 24.9 Å². The van der Waals surface area contributed by atoms with Gasteiger partial charge in [-0.2, -0.15) is 13.2 Å². The highest BCUT2D eigenvalue weighted by Crippen LogP contribution is 2.29. The van der Waals surface area contributed by atoms with Gasteiger partial charge in [-0.05, 0) is 47.9 Å². The zero-order chi connectivity index (χ0) is 23.1. The van der Waals surface area contributed by atoms with Crippen LogP contribution in [0.5, 0.6) is 0 Å². The third kappa shape index (κ3) is 7.36. The summed E-state index contributed by atoms with van der Waals surface area (Å²) >= 11 is 12.0. The SMILES string of the molecule is O=C(NCCC(c1ccc(Cl)cc1)c1ccc(Cl)cc1)C1C=CC(OCC(F)(F)F)N=C1. The summed E-state index contributed by atoms with van der Waals surface area (Å²) in [4.78, 5) is 16.3. The predicted octanol–water partition coefficient (Wildman–Crippen LogP) is 5.79. The van der Waals surface area contributed by atoms with Crippen molar-refractivity contribution >= 4 is 35.3 Å². The van der Waals surface area contributed by atoms with Crippen LogP contribution in [0.3, 0.4) is 0 Å². The van der Waals surface area contributed by atoms with Crippen molar-refractivity contribution in [3.05, 3.63) is 81.9 Å². The maximum atomic E-state index is 12.5. The van der Waals surface area contributed by atoms with Gasteiger partial charge in [0.1, 0.15) is 6.61 Å². The number of halogens is 5. The third-order valence-corrected chi connectivity index (χ3v) is 5.38. The fourth-order valence-electron chi connectivity index (χ4n) is 3.30. The minimum absolute atomic E-state index is 0.0144. The van der Waals surface area contributed by atoms with E-state index in [0.29, 0.717) is 23.0 Å². The number of aliphatic imine (C=N–C) groups is 1. The van der Waals surface area contributed by atoms with E-state index in [4.69, 9.17) is 23.2 Å². The second kappa shape index (κ2) is 11.0. The van der Waals surface area contributed by atoms with Crippen LogP contribution in [0.15, 0.2) is 65.7 Å². The molecule has 9 heteroatoms. The van der Waals surface area contributed by atoms with Crippen LogP contribution in [-0.4, -0.2) is 37.7 Å². The van der Waals surface area contributed by atoms with E-state index in [2.05, 4.69) is 15.0 Å². The van der Waals surface area contributed by atoms with Gasteiger partial charge < -0.3 is 10.1 Å². The van der Waals surface area contributed by atoms with Crippen LogP contribution in [0, 0.1) is 5.92 Å². The second-order valence-electron chi connectivity index (χ2n) is 7.26. The Bertz CT molecular complexity index is 901. The first-order valence-electron chi connectivity index (χ1n) is 9.90. The van der Waals surface area contributed by atoms with E-state index in [0.717, 1.165) is 11.1 Å². The van der Waals surface area contributed by atoms with Crippen LogP contribution < -0.4 is 5.32 Å². The van der Waals surface area contributed by atoms with Gasteiger partial charge in [-0.1, -0.05) is 53.5 Å². The Morgan fingerprint density at radius 2 is 1.56 bits per heavy atom. The summed E-state index contributed by atoms with van der Waals surface area (Å²) in [5.41, 5.74) is 2.10. The molecule has 0 fully saturated rings. The van der Waals surface area contributed by atoms with Crippen LogP contribution in [0.2, 0.25) is 10.0 Å². The van der Waals surface area contributed by atoms with Gasteiger partial charge in [0.05, 0.1) is 5.92 Å². The van der Waals surface area contributed by atoms with Crippen molar-refractivity contribution in [2.24, 2.45) is 10.9 Å². The average Bonchev–Trinajstić information content (AvgIpc) is 2.77. The van der Waals surface area contributed by atoms with Crippen LogP contribution in [-0.2, 0) is 9.53 Å². The average molecular weight is 485 g/mol. The van der Waals surface area contributed by atoms with Gasteiger partial charge in [0.15, 0.2) is 6.23 Å². The van der Waals surface area contributed by atoms with E-state index >= 15 is 0 Å². The number of nitrogens with one attached hydrogen (secondary N) is 1. The number of ether oxygens (including phenoxy) is 1. The molecule has 1 aliphatic rings. The number of amides is 1. The first-order chi connectivity index (χ1) is 15.2. The zero-order valence-corrected chi connectivity index (χ0v) is 18.4. The lowest BCUT2D eigenvalue weighted by atomic mass is 9.88. The molecule has 32 heavy (non-hydrogen) atoms. The molecule has 1 amide bonds. The third-order valence-electron chi connectivity index (χ3n) is 4.87. The topological polar surface area (TPSA) is 50.7 Å². The van der Waals surface area contributed by atoms with E-state index in [-0.39, 0.29) is 11.8 Å². The molecule has 1 N–H and O–H groups in total. The number of alkyl halides is 3. The molecule has 0 saturated carbocycles. The summed E-state index contributed by atoms with van der Waals surface area (Å²) < 4.78 is 41.3. The fourth-order valence-corrected chi connectivity index (χ4v) is 3.55. The van der Waals surface area contributed by atoms with Crippen molar-refractivity contribution in [2.75, 3.05) is 13.2 Å². The first kappa shape index (κ1) is 24.3. The van der Waals surface area contributed by atoms with E-state index in [9.17, 15) is 18.0 Å². The summed E-state index contributed by atoms with van der Waals surface area (Å²) in [6.45, 7) is -1.01. The molecule has 2 aromatic rings. The molecule has 0 aliphatic carbocycles. The smallest absolute Gasteiger partial charge is 0.355 e. The van der Waals surface area contributed by atoms with Gasteiger partial charge >= 0.3 is 6.18 Å². The quantitative estimate of drug-likeness (QED) is 0.481. The van der Waals surface area contributed by atoms with Gasteiger partial charge in [0, 0.05) is 28.7 Å². The Balaban J connectivity index is 1.56. The summed E-state index contributed by atoms with van der Waals surface area (Å²) in [6, 6.07) is 15.1. The highest BCUT2D eigenvalue weighted by atomic mass is 35.5. The van der Waals surface area contributed by atoms with Crippen LogP contribution in [0.4, 0.5) is 13.2 Å². The molecule has 0 saturated heterocycles. The van der Waals surface area contributed by atoms with Gasteiger partial charge in [0.25, 0.3) is 0 Å². The number of rotatable bonds is 8. The van der Waals surface area contributed by atoms with Gasteiger partial charge in [-0.15, -0.1) is 0 Å². The van der Waals surface area contributed by atoms with Crippen molar-refractivity contribution in [3.8, 4) is 0 Å². The van der Waals surface area contributed by atoms with Crippen molar-refractivity contribution in [3.63, 3.8) is 0 Å². The van der Waals surface area contributed by atoms with Gasteiger partial charge in [-0.3, -0.25) is 9.79 Å². The molecule has 1 aliphatic heterocycles. The number of carbonyl (C=O) groups is 1. The van der Waals surface area contributed by atoms with E-state index in [1.807, 2.05) is 48.5 Å². The van der Waals surface area contributed by atoms with Gasteiger partial charge in [-0.25, -0.2) is 0 Å². The lowest BCUT2D eigenvalue weighted by Crippen LogP contribution is -2.34. The lowest BCUT2D eigenvalue weighted by molar-refractivity contribution is -0.180. The molecule has 0 radical (unpaired) electrons. The maximum absolute atomic E-state index is 12.5. The minimum atomic E-state index is -4.43. The summed E-state index contributed by atoms with van der Waals surface area (Å²) in [7, 11) is 0. The summed E-state index contributed by atoms with van der Waals surface area (Å²) in [5.74, 6) is -0.934. The van der Waals surface area contributed by atoms with E-state index in [1.165, 1.54) is 18.4 Å². The van der Waals surface area contributed by atoms with Crippen LogP contribution >= 0.6 is 23.2 Å². The normalized spacial score (nSPS) is 18.2. The highest BCUT2D eigenvalue weighted by Gasteiger charge is 2.29. The summed E-state index contributed by atoms with van der Waals surface area (Å²) in [6.07, 6.45) is -0.715. The van der Waals surface area contributed by atoms with Crippen LogP contribution in [0.25, 0.3) is 0 Å². The number of hydrogen-bond donors (Lipinski definition) is 1.